The van der Waals surface area contributed by atoms with Gasteiger partial charge in [-0.2, -0.15) is 0 Å². The summed E-state index contributed by atoms with van der Waals surface area (Å²) in [5.41, 5.74) is 4.45. The van der Waals surface area contributed by atoms with Gasteiger partial charge >= 0.3 is 0 Å². The lowest BCUT2D eigenvalue weighted by Gasteiger charge is -2.12. The molecule has 0 unspecified atom stereocenters. The van der Waals surface area contributed by atoms with E-state index in [9.17, 15) is 4.79 Å². The largest absolute Gasteiger partial charge is 0.326 e. The number of anilines is 1. The van der Waals surface area contributed by atoms with Crippen LogP contribution in [0.1, 0.15) is 29.5 Å². The molecule has 3 nitrogen and oxygen atoms in total. The van der Waals surface area contributed by atoms with E-state index in [0.717, 1.165) is 29.8 Å². The Morgan fingerprint density at radius 3 is 2.29 bits per heavy atom. The number of rotatable bonds is 5. The minimum Gasteiger partial charge on any atom is -0.326 e. The highest BCUT2D eigenvalue weighted by Crippen LogP contribution is 2.22. The lowest BCUT2D eigenvalue weighted by Crippen LogP contribution is -2.16. The second-order valence-corrected chi connectivity index (χ2v) is 4.53. The molecule has 1 aromatic rings. The molecule has 0 heterocycles. The molecule has 0 aliphatic rings. The Morgan fingerprint density at radius 2 is 1.76 bits per heavy atom. The van der Waals surface area contributed by atoms with Crippen molar-refractivity contribution in [2.24, 2.45) is 0 Å². The molecule has 1 rings (SSSR count). The average Bonchev–Trinajstić information content (AvgIpc) is 2.24. The van der Waals surface area contributed by atoms with Crippen molar-refractivity contribution < 1.29 is 4.79 Å². The van der Waals surface area contributed by atoms with Crippen LogP contribution in [0.5, 0.6) is 0 Å². The standard InChI is InChI=1S/C14H22N2O/c1-10-8-11(2)14(12(3)9-10)16-13(17)6-5-7-15-4/h8-9,15H,5-7H2,1-4H3,(H,16,17). The van der Waals surface area contributed by atoms with Gasteiger partial charge in [0.2, 0.25) is 5.91 Å². The van der Waals surface area contributed by atoms with Crippen molar-refractivity contribution in [3.8, 4) is 0 Å². The Morgan fingerprint density at radius 1 is 1.18 bits per heavy atom. The van der Waals surface area contributed by atoms with Crippen molar-refractivity contribution in [3.05, 3.63) is 28.8 Å². The molecule has 1 aromatic carbocycles. The molecular weight excluding hydrogens is 212 g/mol. The Kier molecular flexibility index (Phi) is 5.16. The highest BCUT2D eigenvalue weighted by Gasteiger charge is 2.07. The molecule has 0 aliphatic carbocycles. The van der Waals surface area contributed by atoms with Gasteiger partial charge in [-0.15, -0.1) is 0 Å². The predicted octanol–water partition coefficient (Wildman–Crippen LogP) is 2.55. The maximum atomic E-state index is 11.7. The SMILES string of the molecule is CNCCCC(=O)Nc1c(C)cc(C)cc1C. The number of carbonyl (C=O) groups excluding carboxylic acids is 1. The number of benzene rings is 1. The number of aryl methyl sites for hydroxylation is 3. The summed E-state index contributed by atoms with van der Waals surface area (Å²) in [6, 6.07) is 4.19. The third kappa shape index (κ3) is 4.19. The summed E-state index contributed by atoms with van der Waals surface area (Å²) in [5.74, 6) is 0.0929. The van der Waals surface area contributed by atoms with Crippen molar-refractivity contribution in [1.29, 1.82) is 0 Å². The molecule has 17 heavy (non-hydrogen) atoms. The van der Waals surface area contributed by atoms with E-state index in [-0.39, 0.29) is 5.91 Å². The first-order valence-electron chi connectivity index (χ1n) is 6.07. The van der Waals surface area contributed by atoms with Crippen molar-refractivity contribution in [2.75, 3.05) is 18.9 Å². The molecule has 1 amide bonds. The summed E-state index contributed by atoms with van der Waals surface area (Å²) in [7, 11) is 1.90. The van der Waals surface area contributed by atoms with E-state index in [1.165, 1.54) is 5.56 Å². The summed E-state index contributed by atoms with van der Waals surface area (Å²) >= 11 is 0. The Hall–Kier alpha value is -1.35. The monoisotopic (exact) mass is 234 g/mol. The fourth-order valence-corrected chi connectivity index (χ4v) is 2.00. The van der Waals surface area contributed by atoms with E-state index in [0.29, 0.717) is 6.42 Å². The van der Waals surface area contributed by atoms with Crippen LogP contribution in [0.4, 0.5) is 5.69 Å². The predicted molar refractivity (Wildman–Crippen MR) is 72.4 cm³/mol. The van der Waals surface area contributed by atoms with Gasteiger partial charge in [0.15, 0.2) is 0 Å². The van der Waals surface area contributed by atoms with Crippen molar-refractivity contribution in [3.63, 3.8) is 0 Å². The molecule has 0 fully saturated rings. The van der Waals surface area contributed by atoms with Gasteiger partial charge in [0.1, 0.15) is 0 Å². The fourth-order valence-electron chi connectivity index (χ4n) is 2.00. The summed E-state index contributed by atoms with van der Waals surface area (Å²) in [4.78, 5) is 11.7. The van der Waals surface area contributed by atoms with Gasteiger partial charge in [-0.3, -0.25) is 4.79 Å². The van der Waals surface area contributed by atoms with Gasteiger partial charge in [0, 0.05) is 12.1 Å². The van der Waals surface area contributed by atoms with Gasteiger partial charge in [-0.1, -0.05) is 17.7 Å². The Bertz CT molecular complexity index is 376. The molecule has 0 aliphatic heterocycles. The zero-order valence-corrected chi connectivity index (χ0v) is 11.2. The zero-order chi connectivity index (χ0) is 12.8. The second kappa shape index (κ2) is 6.40. The van der Waals surface area contributed by atoms with E-state index in [4.69, 9.17) is 0 Å². The molecule has 3 heteroatoms. The molecule has 0 radical (unpaired) electrons. The first-order valence-corrected chi connectivity index (χ1v) is 6.07. The first-order chi connectivity index (χ1) is 8.04. The summed E-state index contributed by atoms with van der Waals surface area (Å²) < 4.78 is 0. The molecule has 94 valence electrons. The van der Waals surface area contributed by atoms with Crippen LogP contribution >= 0.6 is 0 Å². The molecular formula is C14H22N2O. The number of nitrogens with one attached hydrogen (secondary N) is 2. The van der Waals surface area contributed by atoms with E-state index in [1.807, 2.05) is 20.9 Å². The summed E-state index contributed by atoms with van der Waals surface area (Å²) in [6.45, 7) is 7.00. The van der Waals surface area contributed by atoms with E-state index < -0.39 is 0 Å². The van der Waals surface area contributed by atoms with E-state index >= 15 is 0 Å². The van der Waals surface area contributed by atoms with Crippen LogP contribution in [0.3, 0.4) is 0 Å². The lowest BCUT2D eigenvalue weighted by atomic mass is 10.0. The maximum Gasteiger partial charge on any atom is 0.224 e. The number of hydrogen-bond acceptors (Lipinski definition) is 2. The van der Waals surface area contributed by atoms with Crippen molar-refractivity contribution in [2.45, 2.75) is 33.6 Å². The highest BCUT2D eigenvalue weighted by molar-refractivity contribution is 5.92. The third-order valence-corrected chi connectivity index (χ3v) is 2.77. The Labute approximate surface area is 104 Å². The van der Waals surface area contributed by atoms with E-state index in [2.05, 4.69) is 29.7 Å². The molecule has 0 aromatic heterocycles. The van der Waals surface area contributed by atoms with Crippen LogP contribution < -0.4 is 10.6 Å². The number of carbonyl (C=O) groups is 1. The van der Waals surface area contributed by atoms with E-state index in [1.54, 1.807) is 0 Å². The van der Waals surface area contributed by atoms with Crippen LogP contribution in [-0.4, -0.2) is 19.5 Å². The van der Waals surface area contributed by atoms with Gasteiger partial charge in [0.05, 0.1) is 0 Å². The number of amides is 1. The second-order valence-electron chi connectivity index (χ2n) is 4.53. The first kappa shape index (κ1) is 13.7. The minimum atomic E-state index is 0.0929. The van der Waals surface area contributed by atoms with Gasteiger partial charge in [0.25, 0.3) is 0 Å². The van der Waals surface area contributed by atoms with Crippen LogP contribution in [0.25, 0.3) is 0 Å². The molecule has 0 saturated heterocycles. The molecule has 0 bridgehead atoms. The van der Waals surface area contributed by atoms with Crippen LogP contribution in [0.2, 0.25) is 0 Å². The minimum absolute atomic E-state index is 0.0929. The third-order valence-electron chi connectivity index (χ3n) is 2.77. The topological polar surface area (TPSA) is 41.1 Å². The van der Waals surface area contributed by atoms with Crippen LogP contribution in [0, 0.1) is 20.8 Å². The molecule has 0 atom stereocenters. The van der Waals surface area contributed by atoms with Crippen molar-refractivity contribution in [1.82, 2.24) is 5.32 Å². The lowest BCUT2D eigenvalue weighted by molar-refractivity contribution is -0.116. The quantitative estimate of drug-likeness (QED) is 0.769. The number of hydrogen-bond donors (Lipinski definition) is 2. The maximum absolute atomic E-state index is 11.7. The smallest absolute Gasteiger partial charge is 0.224 e. The van der Waals surface area contributed by atoms with Gasteiger partial charge < -0.3 is 10.6 Å². The van der Waals surface area contributed by atoms with Crippen LogP contribution in [-0.2, 0) is 4.79 Å². The summed E-state index contributed by atoms with van der Waals surface area (Å²) in [5, 5.41) is 6.04. The highest BCUT2D eigenvalue weighted by atomic mass is 16.1. The van der Waals surface area contributed by atoms with Crippen molar-refractivity contribution >= 4 is 11.6 Å². The normalized spacial score (nSPS) is 10.4. The van der Waals surface area contributed by atoms with Gasteiger partial charge in [-0.05, 0) is 51.9 Å². The molecule has 2 N–H and O–H groups in total. The zero-order valence-electron chi connectivity index (χ0n) is 11.2. The molecule has 0 saturated carbocycles. The summed E-state index contributed by atoms with van der Waals surface area (Å²) in [6.07, 6.45) is 1.43. The van der Waals surface area contributed by atoms with Gasteiger partial charge in [-0.25, -0.2) is 0 Å². The molecule has 0 spiro atoms. The fraction of sp³-hybridized carbons (Fsp3) is 0.500. The Balaban J connectivity index is 2.65. The van der Waals surface area contributed by atoms with Crippen LogP contribution in [0.15, 0.2) is 12.1 Å². The average molecular weight is 234 g/mol.